The summed E-state index contributed by atoms with van der Waals surface area (Å²) in [5.74, 6) is 0.888. The predicted octanol–water partition coefficient (Wildman–Crippen LogP) is 4.52. The topological polar surface area (TPSA) is 21.3 Å². The lowest BCUT2D eigenvalue weighted by Gasteiger charge is -2.12. The molecule has 0 fully saturated rings. The molecule has 0 radical (unpaired) electrons. The Morgan fingerprint density at radius 2 is 1.95 bits per heavy atom. The molecule has 0 bridgehead atoms. The summed E-state index contributed by atoms with van der Waals surface area (Å²) in [7, 11) is 0. The number of rotatable bonds is 6. The zero-order valence-electron chi connectivity index (χ0n) is 11.9. The highest BCUT2D eigenvalue weighted by Gasteiger charge is 2.07. The maximum atomic E-state index is 6.15. The van der Waals surface area contributed by atoms with E-state index in [1.54, 1.807) is 0 Å². The van der Waals surface area contributed by atoms with Crippen LogP contribution in [0.2, 0.25) is 5.02 Å². The molecule has 0 aliphatic rings. The number of benzene rings is 2. The second-order valence-corrected chi connectivity index (χ2v) is 4.98. The van der Waals surface area contributed by atoms with E-state index in [1.165, 1.54) is 5.56 Å². The minimum atomic E-state index is 0.670. The summed E-state index contributed by atoms with van der Waals surface area (Å²) in [6.07, 6.45) is 0. The van der Waals surface area contributed by atoms with E-state index in [4.69, 9.17) is 16.3 Å². The van der Waals surface area contributed by atoms with Gasteiger partial charge in [-0.25, -0.2) is 0 Å². The summed E-state index contributed by atoms with van der Waals surface area (Å²) < 4.78 is 5.57. The van der Waals surface area contributed by atoms with Crippen LogP contribution in [0.25, 0.3) is 11.1 Å². The van der Waals surface area contributed by atoms with Gasteiger partial charge < -0.3 is 10.1 Å². The lowest BCUT2D eigenvalue weighted by atomic mass is 9.99. The molecular formula is C17H20ClNO. The highest BCUT2D eigenvalue weighted by Crippen LogP contribution is 2.29. The molecule has 0 spiro atoms. The highest BCUT2D eigenvalue weighted by molar-refractivity contribution is 6.30. The third-order valence-electron chi connectivity index (χ3n) is 3.09. The van der Waals surface area contributed by atoms with Crippen molar-refractivity contribution in [3.05, 3.63) is 53.1 Å². The summed E-state index contributed by atoms with van der Waals surface area (Å²) in [6, 6.07) is 14.2. The van der Waals surface area contributed by atoms with Gasteiger partial charge >= 0.3 is 0 Å². The van der Waals surface area contributed by atoms with Gasteiger partial charge in [0.2, 0.25) is 0 Å². The van der Waals surface area contributed by atoms with E-state index in [0.717, 1.165) is 35.0 Å². The average molecular weight is 290 g/mol. The quantitative estimate of drug-likeness (QED) is 0.844. The Morgan fingerprint density at radius 3 is 2.70 bits per heavy atom. The van der Waals surface area contributed by atoms with Crippen molar-refractivity contribution < 1.29 is 4.74 Å². The van der Waals surface area contributed by atoms with Gasteiger partial charge in [-0.2, -0.15) is 0 Å². The smallest absolute Gasteiger partial charge is 0.119 e. The lowest BCUT2D eigenvalue weighted by molar-refractivity contribution is 0.340. The fraction of sp³-hybridized carbons (Fsp3) is 0.294. The SMILES string of the molecule is CCNCc1ccc(Cl)cc1-c1cccc(OCC)c1. The summed E-state index contributed by atoms with van der Waals surface area (Å²) in [5, 5.41) is 4.11. The molecule has 0 saturated carbocycles. The average Bonchev–Trinajstić information content (AvgIpc) is 2.46. The standard InChI is InChI=1S/C17H20ClNO/c1-3-19-12-14-8-9-15(18)11-17(14)13-6-5-7-16(10-13)20-4-2/h5-11,19H,3-4,12H2,1-2H3. The summed E-state index contributed by atoms with van der Waals surface area (Å²) in [4.78, 5) is 0. The van der Waals surface area contributed by atoms with Gasteiger partial charge in [-0.05, 0) is 54.4 Å². The first-order valence-electron chi connectivity index (χ1n) is 6.97. The van der Waals surface area contributed by atoms with E-state index >= 15 is 0 Å². The first-order valence-corrected chi connectivity index (χ1v) is 7.34. The zero-order chi connectivity index (χ0) is 14.4. The van der Waals surface area contributed by atoms with E-state index in [0.29, 0.717) is 6.61 Å². The van der Waals surface area contributed by atoms with E-state index in [2.05, 4.69) is 30.4 Å². The van der Waals surface area contributed by atoms with Crippen LogP contribution in [0.1, 0.15) is 19.4 Å². The minimum absolute atomic E-state index is 0.670. The van der Waals surface area contributed by atoms with Gasteiger partial charge in [0.15, 0.2) is 0 Å². The van der Waals surface area contributed by atoms with Crippen LogP contribution in [0.5, 0.6) is 5.75 Å². The maximum Gasteiger partial charge on any atom is 0.119 e. The number of hydrogen-bond acceptors (Lipinski definition) is 2. The number of ether oxygens (including phenoxy) is 1. The first kappa shape index (κ1) is 14.9. The monoisotopic (exact) mass is 289 g/mol. The summed E-state index contributed by atoms with van der Waals surface area (Å²) in [6.45, 7) is 6.54. The van der Waals surface area contributed by atoms with Crippen LogP contribution >= 0.6 is 11.6 Å². The van der Waals surface area contributed by atoms with Crippen molar-refractivity contribution in [2.24, 2.45) is 0 Å². The van der Waals surface area contributed by atoms with Gasteiger partial charge in [0, 0.05) is 11.6 Å². The molecule has 2 rings (SSSR count). The van der Waals surface area contributed by atoms with Crippen LogP contribution in [0.4, 0.5) is 0 Å². The van der Waals surface area contributed by atoms with E-state index in [1.807, 2.05) is 31.2 Å². The second-order valence-electron chi connectivity index (χ2n) is 4.54. The molecule has 0 unspecified atom stereocenters. The third-order valence-corrected chi connectivity index (χ3v) is 3.33. The van der Waals surface area contributed by atoms with Gasteiger partial charge in [0.25, 0.3) is 0 Å². The van der Waals surface area contributed by atoms with Gasteiger partial charge in [-0.3, -0.25) is 0 Å². The van der Waals surface area contributed by atoms with Gasteiger partial charge in [-0.1, -0.05) is 36.7 Å². The van der Waals surface area contributed by atoms with Crippen molar-refractivity contribution in [1.29, 1.82) is 0 Å². The van der Waals surface area contributed by atoms with E-state index in [9.17, 15) is 0 Å². The normalized spacial score (nSPS) is 10.6. The molecule has 0 aromatic heterocycles. The van der Waals surface area contributed by atoms with Gasteiger partial charge in [0.1, 0.15) is 5.75 Å². The summed E-state index contributed by atoms with van der Waals surface area (Å²) in [5.41, 5.74) is 3.52. The molecular weight excluding hydrogens is 270 g/mol. The van der Waals surface area contributed by atoms with Gasteiger partial charge in [-0.15, -0.1) is 0 Å². The zero-order valence-corrected chi connectivity index (χ0v) is 12.7. The maximum absolute atomic E-state index is 6.15. The summed E-state index contributed by atoms with van der Waals surface area (Å²) >= 11 is 6.15. The molecule has 3 heteroatoms. The second kappa shape index (κ2) is 7.32. The van der Waals surface area contributed by atoms with Crippen molar-refractivity contribution in [1.82, 2.24) is 5.32 Å². The number of nitrogens with one attached hydrogen (secondary N) is 1. The Kier molecular flexibility index (Phi) is 5.45. The van der Waals surface area contributed by atoms with Crippen molar-refractivity contribution in [3.63, 3.8) is 0 Å². The largest absolute Gasteiger partial charge is 0.494 e. The molecule has 1 N–H and O–H groups in total. The lowest BCUT2D eigenvalue weighted by Crippen LogP contribution is -2.12. The molecule has 0 atom stereocenters. The number of halogens is 1. The Hall–Kier alpha value is -1.51. The Labute approximate surface area is 125 Å². The van der Waals surface area contributed by atoms with E-state index in [-0.39, 0.29) is 0 Å². The van der Waals surface area contributed by atoms with Crippen molar-refractivity contribution in [3.8, 4) is 16.9 Å². The van der Waals surface area contributed by atoms with Crippen molar-refractivity contribution >= 4 is 11.6 Å². The number of hydrogen-bond donors (Lipinski definition) is 1. The molecule has 106 valence electrons. The van der Waals surface area contributed by atoms with Crippen LogP contribution in [0, 0.1) is 0 Å². The van der Waals surface area contributed by atoms with Crippen LogP contribution < -0.4 is 10.1 Å². The third kappa shape index (κ3) is 3.75. The van der Waals surface area contributed by atoms with Crippen LogP contribution in [-0.2, 0) is 6.54 Å². The fourth-order valence-electron chi connectivity index (χ4n) is 2.15. The molecule has 2 aromatic carbocycles. The molecule has 0 heterocycles. The van der Waals surface area contributed by atoms with Crippen LogP contribution in [0.3, 0.4) is 0 Å². The van der Waals surface area contributed by atoms with E-state index < -0.39 is 0 Å². The van der Waals surface area contributed by atoms with Gasteiger partial charge in [0.05, 0.1) is 6.61 Å². The first-order chi connectivity index (χ1) is 9.74. The fourth-order valence-corrected chi connectivity index (χ4v) is 2.32. The molecule has 2 aromatic rings. The Bertz CT molecular complexity index is 569. The molecule has 2 nitrogen and oxygen atoms in total. The Morgan fingerprint density at radius 1 is 1.10 bits per heavy atom. The molecule has 0 aliphatic carbocycles. The molecule has 0 aliphatic heterocycles. The molecule has 0 saturated heterocycles. The highest BCUT2D eigenvalue weighted by atomic mass is 35.5. The molecule has 20 heavy (non-hydrogen) atoms. The van der Waals surface area contributed by atoms with Crippen LogP contribution in [-0.4, -0.2) is 13.2 Å². The predicted molar refractivity (Wildman–Crippen MR) is 85.4 cm³/mol. The van der Waals surface area contributed by atoms with Crippen molar-refractivity contribution in [2.75, 3.05) is 13.2 Å². The molecule has 0 amide bonds. The minimum Gasteiger partial charge on any atom is -0.494 e. The van der Waals surface area contributed by atoms with Crippen molar-refractivity contribution in [2.45, 2.75) is 20.4 Å². The Balaban J connectivity index is 2.39. The van der Waals surface area contributed by atoms with Crippen LogP contribution in [0.15, 0.2) is 42.5 Å².